The van der Waals surface area contributed by atoms with E-state index in [9.17, 15) is 4.79 Å². The number of nitrogens with zero attached hydrogens (tertiary/aromatic N) is 2. The molecule has 2 aromatic heterocycles. The average Bonchev–Trinajstić information content (AvgIpc) is 2.41. The zero-order chi connectivity index (χ0) is 13.0. The minimum atomic E-state index is -0.205. The van der Waals surface area contributed by atoms with Gasteiger partial charge in [-0.2, -0.15) is 0 Å². The molecule has 0 saturated carbocycles. The molecule has 2 aromatic rings. The van der Waals surface area contributed by atoms with Crippen LogP contribution < -0.4 is 10.6 Å². The maximum atomic E-state index is 12.1. The fourth-order valence-electron chi connectivity index (χ4n) is 1.59. The number of amides is 1. The molecule has 5 heteroatoms. The van der Waals surface area contributed by atoms with Crippen LogP contribution >= 0.6 is 0 Å². The highest BCUT2D eigenvalue weighted by Crippen LogP contribution is 2.15. The van der Waals surface area contributed by atoms with Crippen LogP contribution in [-0.4, -0.2) is 22.9 Å². The molecule has 0 fully saturated rings. The third-order valence-electron chi connectivity index (χ3n) is 2.54. The largest absolute Gasteiger partial charge is 0.372 e. The second-order valence-electron chi connectivity index (χ2n) is 3.74. The lowest BCUT2D eigenvalue weighted by Gasteiger charge is -2.09. The lowest BCUT2D eigenvalue weighted by Crippen LogP contribution is -2.15. The summed E-state index contributed by atoms with van der Waals surface area (Å²) in [6.07, 6.45) is 3.33. The first-order chi connectivity index (χ1) is 8.72. The van der Waals surface area contributed by atoms with E-state index in [-0.39, 0.29) is 5.91 Å². The highest BCUT2D eigenvalue weighted by Gasteiger charge is 2.12. The Balaban J connectivity index is 2.25. The molecular formula is C13H14N4O. The zero-order valence-electron chi connectivity index (χ0n) is 10.3. The van der Waals surface area contributed by atoms with Crippen LogP contribution in [0.1, 0.15) is 16.1 Å². The highest BCUT2D eigenvalue weighted by atomic mass is 16.1. The van der Waals surface area contributed by atoms with E-state index in [4.69, 9.17) is 0 Å². The van der Waals surface area contributed by atoms with E-state index in [2.05, 4.69) is 20.6 Å². The zero-order valence-corrected chi connectivity index (χ0v) is 10.3. The van der Waals surface area contributed by atoms with Gasteiger partial charge in [-0.1, -0.05) is 0 Å². The Morgan fingerprint density at radius 1 is 1.17 bits per heavy atom. The van der Waals surface area contributed by atoms with Crippen LogP contribution in [0.15, 0.2) is 36.7 Å². The van der Waals surface area contributed by atoms with Crippen LogP contribution in [0, 0.1) is 6.92 Å². The fraction of sp³-hybridized carbons (Fsp3) is 0.154. The van der Waals surface area contributed by atoms with Crippen LogP contribution in [0.5, 0.6) is 0 Å². The van der Waals surface area contributed by atoms with Gasteiger partial charge in [-0.15, -0.1) is 0 Å². The van der Waals surface area contributed by atoms with Crippen molar-refractivity contribution >= 4 is 17.4 Å². The fourth-order valence-corrected chi connectivity index (χ4v) is 1.59. The molecule has 1 amide bonds. The van der Waals surface area contributed by atoms with Crippen LogP contribution in [0.3, 0.4) is 0 Å². The minimum Gasteiger partial charge on any atom is -0.372 e. The number of carbonyl (C=O) groups excluding carboxylic acids is 1. The molecule has 5 nitrogen and oxygen atoms in total. The summed E-state index contributed by atoms with van der Waals surface area (Å²) in [5.41, 5.74) is 1.98. The predicted molar refractivity (Wildman–Crippen MR) is 70.7 cm³/mol. The van der Waals surface area contributed by atoms with Gasteiger partial charge in [-0.3, -0.25) is 9.78 Å². The second-order valence-corrected chi connectivity index (χ2v) is 3.74. The van der Waals surface area contributed by atoms with Crippen molar-refractivity contribution in [2.24, 2.45) is 0 Å². The monoisotopic (exact) mass is 242 g/mol. The Bertz CT molecular complexity index is 568. The number of pyridine rings is 2. The van der Waals surface area contributed by atoms with Crippen LogP contribution in [0.2, 0.25) is 0 Å². The van der Waals surface area contributed by atoms with Crippen molar-refractivity contribution in [2.45, 2.75) is 6.92 Å². The first-order valence-corrected chi connectivity index (χ1v) is 5.58. The normalized spacial score (nSPS) is 9.89. The number of hydrogen-bond donors (Lipinski definition) is 2. The topological polar surface area (TPSA) is 66.9 Å². The van der Waals surface area contributed by atoms with Crippen LogP contribution in [-0.2, 0) is 0 Å². The van der Waals surface area contributed by atoms with Gasteiger partial charge in [0.25, 0.3) is 5.91 Å². The molecule has 2 N–H and O–H groups in total. The number of anilines is 2. The molecule has 0 saturated heterocycles. The van der Waals surface area contributed by atoms with E-state index >= 15 is 0 Å². The van der Waals surface area contributed by atoms with Gasteiger partial charge >= 0.3 is 0 Å². The summed E-state index contributed by atoms with van der Waals surface area (Å²) in [7, 11) is 1.73. The van der Waals surface area contributed by atoms with Crippen molar-refractivity contribution in [1.29, 1.82) is 0 Å². The number of carbonyl (C=O) groups is 1. The molecular weight excluding hydrogens is 228 g/mol. The number of aromatic nitrogens is 2. The van der Waals surface area contributed by atoms with Crippen molar-refractivity contribution in [2.75, 3.05) is 17.7 Å². The molecule has 2 rings (SSSR count). The summed E-state index contributed by atoms with van der Waals surface area (Å²) in [5, 5.41) is 5.71. The summed E-state index contributed by atoms with van der Waals surface area (Å²) in [6.45, 7) is 1.85. The maximum Gasteiger partial charge on any atom is 0.259 e. The van der Waals surface area contributed by atoms with E-state index in [1.165, 1.54) is 0 Å². The Morgan fingerprint density at radius 3 is 2.61 bits per heavy atom. The van der Waals surface area contributed by atoms with Gasteiger partial charge in [0.05, 0.1) is 16.9 Å². The number of hydrogen-bond acceptors (Lipinski definition) is 4. The van der Waals surface area contributed by atoms with Gasteiger partial charge in [0, 0.05) is 19.4 Å². The van der Waals surface area contributed by atoms with Crippen molar-refractivity contribution in [3.8, 4) is 0 Å². The molecule has 0 aliphatic heterocycles. The van der Waals surface area contributed by atoms with E-state index in [1.54, 1.807) is 37.6 Å². The Morgan fingerprint density at radius 2 is 1.89 bits per heavy atom. The van der Waals surface area contributed by atoms with E-state index < -0.39 is 0 Å². The summed E-state index contributed by atoms with van der Waals surface area (Å²) in [5.74, 6) is 0.347. The number of aryl methyl sites for hydroxylation is 1. The van der Waals surface area contributed by atoms with E-state index in [0.717, 1.165) is 5.69 Å². The molecule has 0 radical (unpaired) electrons. The highest BCUT2D eigenvalue weighted by molar-refractivity contribution is 6.07. The molecule has 0 spiro atoms. The Labute approximate surface area is 105 Å². The van der Waals surface area contributed by atoms with Crippen molar-refractivity contribution in [3.63, 3.8) is 0 Å². The van der Waals surface area contributed by atoms with E-state index in [1.807, 2.05) is 13.0 Å². The Hall–Kier alpha value is -2.43. The first-order valence-electron chi connectivity index (χ1n) is 5.58. The van der Waals surface area contributed by atoms with Gasteiger partial charge in [-0.25, -0.2) is 4.98 Å². The summed E-state index contributed by atoms with van der Waals surface area (Å²) in [4.78, 5) is 20.3. The van der Waals surface area contributed by atoms with Crippen molar-refractivity contribution < 1.29 is 4.79 Å². The average molecular weight is 242 g/mol. The molecule has 0 aliphatic rings. The SMILES string of the molecule is CNc1ncccc1C(=O)Nc1cccnc1C. The maximum absolute atomic E-state index is 12.1. The molecule has 0 atom stereocenters. The number of nitrogens with one attached hydrogen (secondary N) is 2. The summed E-state index contributed by atoms with van der Waals surface area (Å²) >= 11 is 0. The Kier molecular flexibility index (Phi) is 3.52. The summed E-state index contributed by atoms with van der Waals surface area (Å²) < 4.78 is 0. The van der Waals surface area contributed by atoms with E-state index in [0.29, 0.717) is 17.1 Å². The number of rotatable bonds is 3. The van der Waals surface area contributed by atoms with Crippen molar-refractivity contribution in [3.05, 3.63) is 47.9 Å². The molecule has 0 aliphatic carbocycles. The molecule has 0 bridgehead atoms. The van der Waals surface area contributed by atoms with Gasteiger partial charge in [-0.05, 0) is 31.2 Å². The predicted octanol–water partition coefficient (Wildman–Crippen LogP) is 2.08. The van der Waals surface area contributed by atoms with Gasteiger partial charge < -0.3 is 10.6 Å². The molecule has 18 heavy (non-hydrogen) atoms. The third-order valence-corrected chi connectivity index (χ3v) is 2.54. The lowest BCUT2D eigenvalue weighted by atomic mass is 10.2. The lowest BCUT2D eigenvalue weighted by molar-refractivity contribution is 0.102. The molecule has 0 aromatic carbocycles. The quantitative estimate of drug-likeness (QED) is 0.864. The first kappa shape index (κ1) is 12.0. The minimum absolute atomic E-state index is 0.205. The van der Waals surface area contributed by atoms with Gasteiger partial charge in [0.15, 0.2) is 0 Å². The standard InChI is InChI=1S/C13H14N4O/c1-9-11(6-4-7-15-9)17-13(18)10-5-3-8-16-12(10)14-2/h3-8H,1-2H3,(H,14,16)(H,17,18). The third kappa shape index (κ3) is 2.45. The van der Waals surface area contributed by atoms with Crippen LogP contribution in [0.4, 0.5) is 11.5 Å². The second kappa shape index (κ2) is 5.27. The van der Waals surface area contributed by atoms with Crippen molar-refractivity contribution in [1.82, 2.24) is 9.97 Å². The van der Waals surface area contributed by atoms with Gasteiger partial charge in [0.2, 0.25) is 0 Å². The smallest absolute Gasteiger partial charge is 0.259 e. The molecule has 92 valence electrons. The molecule has 0 unspecified atom stereocenters. The van der Waals surface area contributed by atoms with Gasteiger partial charge in [0.1, 0.15) is 5.82 Å². The van der Waals surface area contributed by atoms with Crippen LogP contribution in [0.25, 0.3) is 0 Å². The molecule has 2 heterocycles. The summed E-state index contributed by atoms with van der Waals surface area (Å²) in [6, 6.07) is 7.05.